The molecular formula is C14H19ClN2O3. The highest BCUT2D eigenvalue weighted by atomic mass is 35.5. The topological polar surface area (TPSA) is 64.1 Å². The van der Waals surface area contributed by atoms with Crippen molar-refractivity contribution in [1.82, 2.24) is 9.55 Å². The molecule has 0 amide bonds. The minimum atomic E-state index is -0.567. The molecule has 1 aromatic heterocycles. The van der Waals surface area contributed by atoms with Crippen molar-refractivity contribution >= 4 is 11.6 Å². The van der Waals surface area contributed by atoms with Gasteiger partial charge in [0.15, 0.2) is 0 Å². The van der Waals surface area contributed by atoms with Gasteiger partial charge in [0.2, 0.25) is 0 Å². The van der Waals surface area contributed by atoms with E-state index in [1.165, 1.54) is 4.57 Å². The van der Waals surface area contributed by atoms with Gasteiger partial charge in [0.1, 0.15) is 5.15 Å². The molecule has 2 heterocycles. The quantitative estimate of drug-likeness (QED) is 0.849. The summed E-state index contributed by atoms with van der Waals surface area (Å²) >= 11 is 6.14. The number of ether oxygens (including phenoxy) is 1. The first kappa shape index (κ1) is 13.9. The highest BCUT2D eigenvalue weighted by Crippen LogP contribution is 2.35. The Labute approximate surface area is 121 Å². The maximum absolute atomic E-state index is 12.8. The second-order valence-electron chi connectivity index (χ2n) is 6.08. The van der Waals surface area contributed by atoms with Crippen LogP contribution in [0.15, 0.2) is 9.59 Å². The number of H-pyrrole nitrogens is 1. The predicted molar refractivity (Wildman–Crippen MR) is 76.6 cm³/mol. The van der Waals surface area contributed by atoms with Gasteiger partial charge >= 0.3 is 5.69 Å². The van der Waals surface area contributed by atoms with Crippen LogP contribution in [-0.4, -0.2) is 22.8 Å². The summed E-state index contributed by atoms with van der Waals surface area (Å²) in [6.07, 6.45) is 4.82. The second-order valence-corrected chi connectivity index (χ2v) is 6.46. The first-order valence-corrected chi connectivity index (χ1v) is 7.54. The molecule has 6 heteroatoms. The summed E-state index contributed by atoms with van der Waals surface area (Å²) in [6.45, 7) is 2.86. The summed E-state index contributed by atoms with van der Waals surface area (Å²) in [6, 6.07) is 0. The van der Waals surface area contributed by atoms with Crippen LogP contribution in [0.25, 0.3) is 0 Å². The van der Waals surface area contributed by atoms with E-state index in [0.717, 1.165) is 25.7 Å². The van der Waals surface area contributed by atoms with Gasteiger partial charge in [-0.25, -0.2) is 4.79 Å². The van der Waals surface area contributed by atoms with Crippen LogP contribution in [0.2, 0.25) is 5.15 Å². The Morgan fingerprint density at radius 3 is 2.65 bits per heavy atom. The minimum absolute atomic E-state index is 0.170. The Hall–Kier alpha value is -1.07. The normalized spacial score (nSPS) is 27.3. The smallest absolute Gasteiger partial charge is 0.330 e. The standard InChI is InChI=1S/C14H19ClN2O3/c1-14(6-7-20-8-14)17-12(18)10(9-4-2-3-5-9)11(15)16-13(17)19/h9H,2-8H2,1H3,(H,16,19). The van der Waals surface area contributed by atoms with Crippen LogP contribution in [0.3, 0.4) is 0 Å². The van der Waals surface area contributed by atoms with Crippen LogP contribution in [0.1, 0.15) is 50.5 Å². The molecular weight excluding hydrogens is 280 g/mol. The molecule has 0 bridgehead atoms. The summed E-state index contributed by atoms with van der Waals surface area (Å²) in [5.74, 6) is 0.170. The monoisotopic (exact) mass is 298 g/mol. The van der Waals surface area contributed by atoms with E-state index in [4.69, 9.17) is 16.3 Å². The number of aromatic nitrogens is 2. The van der Waals surface area contributed by atoms with Crippen molar-refractivity contribution in [3.63, 3.8) is 0 Å². The van der Waals surface area contributed by atoms with Crippen molar-refractivity contribution in [1.29, 1.82) is 0 Å². The fourth-order valence-corrected chi connectivity index (χ4v) is 3.73. The highest BCUT2D eigenvalue weighted by Gasteiger charge is 2.36. The summed E-state index contributed by atoms with van der Waals surface area (Å²) in [5, 5.41) is 0.214. The molecule has 2 aliphatic rings. The zero-order valence-electron chi connectivity index (χ0n) is 11.6. The maximum atomic E-state index is 12.8. The molecule has 3 rings (SSSR count). The van der Waals surface area contributed by atoms with Gasteiger partial charge in [-0.05, 0) is 32.1 Å². The van der Waals surface area contributed by atoms with Gasteiger partial charge in [-0.2, -0.15) is 0 Å². The highest BCUT2D eigenvalue weighted by molar-refractivity contribution is 6.30. The third-order valence-electron chi connectivity index (χ3n) is 4.59. The molecule has 1 atom stereocenters. The van der Waals surface area contributed by atoms with Crippen molar-refractivity contribution < 1.29 is 4.74 Å². The zero-order chi connectivity index (χ0) is 14.3. The van der Waals surface area contributed by atoms with Crippen molar-refractivity contribution in [3.8, 4) is 0 Å². The van der Waals surface area contributed by atoms with E-state index in [2.05, 4.69) is 4.98 Å². The maximum Gasteiger partial charge on any atom is 0.330 e. The molecule has 1 N–H and O–H groups in total. The fraction of sp³-hybridized carbons (Fsp3) is 0.714. The summed E-state index contributed by atoms with van der Waals surface area (Å²) in [4.78, 5) is 27.6. The van der Waals surface area contributed by atoms with Crippen LogP contribution < -0.4 is 11.2 Å². The van der Waals surface area contributed by atoms with Gasteiger partial charge in [0, 0.05) is 6.61 Å². The Balaban J connectivity index is 2.18. The molecule has 1 saturated heterocycles. The Bertz CT molecular complexity index is 622. The lowest BCUT2D eigenvalue weighted by molar-refractivity contribution is 0.157. The first-order valence-electron chi connectivity index (χ1n) is 7.16. The Morgan fingerprint density at radius 1 is 1.35 bits per heavy atom. The van der Waals surface area contributed by atoms with E-state index in [0.29, 0.717) is 25.2 Å². The molecule has 110 valence electrons. The lowest BCUT2D eigenvalue weighted by atomic mass is 9.98. The van der Waals surface area contributed by atoms with E-state index >= 15 is 0 Å². The lowest BCUT2D eigenvalue weighted by Crippen LogP contribution is -2.49. The Morgan fingerprint density at radius 2 is 2.05 bits per heavy atom. The average Bonchev–Trinajstić information content (AvgIpc) is 3.00. The zero-order valence-corrected chi connectivity index (χ0v) is 12.3. The molecule has 1 unspecified atom stereocenters. The van der Waals surface area contributed by atoms with Crippen molar-refractivity contribution in [3.05, 3.63) is 31.6 Å². The SMILES string of the molecule is CC1(n2c(=O)[nH]c(Cl)c(C3CCCC3)c2=O)CCOC1. The van der Waals surface area contributed by atoms with Gasteiger partial charge in [0.05, 0.1) is 17.7 Å². The number of rotatable bonds is 2. The van der Waals surface area contributed by atoms with E-state index in [1.807, 2.05) is 6.92 Å². The number of nitrogens with one attached hydrogen (secondary N) is 1. The third-order valence-corrected chi connectivity index (χ3v) is 4.89. The van der Waals surface area contributed by atoms with E-state index in [-0.39, 0.29) is 16.6 Å². The summed E-state index contributed by atoms with van der Waals surface area (Å²) in [7, 11) is 0. The van der Waals surface area contributed by atoms with Crippen LogP contribution in [-0.2, 0) is 10.3 Å². The second kappa shape index (κ2) is 5.04. The van der Waals surface area contributed by atoms with E-state index in [9.17, 15) is 9.59 Å². The van der Waals surface area contributed by atoms with Gasteiger partial charge in [-0.15, -0.1) is 0 Å². The molecule has 0 radical (unpaired) electrons. The number of hydrogen-bond donors (Lipinski definition) is 1. The van der Waals surface area contributed by atoms with E-state index < -0.39 is 11.2 Å². The average molecular weight is 299 g/mol. The number of hydrogen-bond acceptors (Lipinski definition) is 3. The van der Waals surface area contributed by atoms with Crippen LogP contribution in [0.4, 0.5) is 0 Å². The molecule has 20 heavy (non-hydrogen) atoms. The number of aromatic amines is 1. The molecule has 1 saturated carbocycles. The predicted octanol–water partition coefficient (Wildman–Crippen LogP) is 1.98. The largest absolute Gasteiger partial charge is 0.379 e. The molecule has 0 spiro atoms. The molecule has 5 nitrogen and oxygen atoms in total. The van der Waals surface area contributed by atoms with Crippen LogP contribution in [0.5, 0.6) is 0 Å². The lowest BCUT2D eigenvalue weighted by Gasteiger charge is -2.25. The molecule has 2 fully saturated rings. The number of nitrogens with zero attached hydrogens (tertiary/aromatic N) is 1. The summed E-state index contributed by atoms with van der Waals surface area (Å²) < 4.78 is 6.69. The molecule has 1 aliphatic carbocycles. The summed E-state index contributed by atoms with van der Waals surface area (Å²) in [5.41, 5.74) is -0.659. The van der Waals surface area contributed by atoms with Gasteiger partial charge in [-0.3, -0.25) is 14.3 Å². The van der Waals surface area contributed by atoms with Gasteiger partial charge in [0.25, 0.3) is 5.56 Å². The third kappa shape index (κ3) is 2.13. The fourth-order valence-electron chi connectivity index (χ4n) is 3.41. The van der Waals surface area contributed by atoms with Crippen molar-refractivity contribution in [2.75, 3.05) is 13.2 Å². The number of halogens is 1. The van der Waals surface area contributed by atoms with Crippen molar-refractivity contribution in [2.24, 2.45) is 0 Å². The van der Waals surface area contributed by atoms with E-state index in [1.54, 1.807) is 0 Å². The minimum Gasteiger partial charge on any atom is -0.379 e. The molecule has 1 aromatic rings. The molecule has 1 aliphatic heterocycles. The molecule has 0 aromatic carbocycles. The first-order chi connectivity index (χ1) is 9.53. The van der Waals surface area contributed by atoms with Crippen LogP contribution >= 0.6 is 11.6 Å². The Kier molecular flexibility index (Phi) is 3.50. The van der Waals surface area contributed by atoms with Gasteiger partial charge in [-0.1, -0.05) is 24.4 Å². The van der Waals surface area contributed by atoms with Gasteiger partial charge < -0.3 is 4.74 Å². The van der Waals surface area contributed by atoms with Crippen LogP contribution in [0, 0.1) is 0 Å². The van der Waals surface area contributed by atoms with Crippen molar-refractivity contribution in [2.45, 2.75) is 50.5 Å².